The molecule has 0 radical (unpaired) electrons. The highest BCUT2D eigenvalue weighted by atomic mass is 16.5. The molecule has 9 nitrogen and oxygen atoms in total. The number of rotatable bonds is 3. The van der Waals surface area contributed by atoms with Gasteiger partial charge < -0.3 is 14.6 Å². The Morgan fingerprint density at radius 2 is 1.77 bits per heavy atom. The number of nitrogens with zero attached hydrogens (tertiary/aromatic N) is 2. The quantitative estimate of drug-likeness (QED) is 0.785. The van der Waals surface area contributed by atoms with Crippen molar-refractivity contribution in [2.75, 3.05) is 7.11 Å². The van der Waals surface area contributed by atoms with Crippen LogP contribution < -0.4 is 10.3 Å². The summed E-state index contributed by atoms with van der Waals surface area (Å²) in [5, 5.41) is 8.99. The summed E-state index contributed by atoms with van der Waals surface area (Å²) in [6.07, 6.45) is 0. The van der Waals surface area contributed by atoms with E-state index in [0.29, 0.717) is 4.57 Å². The molecule has 0 fully saturated rings. The van der Waals surface area contributed by atoms with Gasteiger partial charge in [-0.3, -0.25) is 14.2 Å². The molecule has 0 spiro atoms. The highest BCUT2D eigenvalue weighted by Crippen LogP contribution is 2.20. The third kappa shape index (κ3) is 3.30. The van der Waals surface area contributed by atoms with Gasteiger partial charge in [-0.05, 0) is 20.8 Å². The third-order valence-electron chi connectivity index (χ3n) is 2.63. The molecule has 0 aliphatic rings. The number of carbonyl (C=O) groups excluding carboxylic acids is 2. The lowest BCUT2D eigenvalue weighted by molar-refractivity contribution is -0.143. The monoisotopic (exact) mass is 312 g/mol. The second-order valence-electron chi connectivity index (χ2n) is 5.41. The van der Waals surface area contributed by atoms with E-state index in [9.17, 15) is 19.2 Å². The molecule has 0 unspecified atom stereocenters. The summed E-state index contributed by atoms with van der Waals surface area (Å²) in [6.45, 7) is 4.66. The van der Waals surface area contributed by atoms with E-state index < -0.39 is 46.2 Å². The Morgan fingerprint density at radius 3 is 2.18 bits per heavy atom. The second-order valence-corrected chi connectivity index (χ2v) is 5.41. The van der Waals surface area contributed by atoms with Crippen molar-refractivity contribution >= 4 is 17.9 Å². The summed E-state index contributed by atoms with van der Waals surface area (Å²) in [7, 11) is 2.16. The number of hydrogen-bond acceptors (Lipinski definition) is 7. The van der Waals surface area contributed by atoms with E-state index in [1.165, 1.54) is 0 Å². The Labute approximate surface area is 125 Å². The fourth-order valence-electron chi connectivity index (χ4n) is 1.35. The Morgan fingerprint density at radius 1 is 1.23 bits per heavy atom. The van der Waals surface area contributed by atoms with E-state index in [0.717, 1.165) is 14.2 Å². The van der Waals surface area contributed by atoms with Crippen LogP contribution in [0.4, 0.5) is 0 Å². The number of aromatic carboxylic acids is 1. The van der Waals surface area contributed by atoms with Gasteiger partial charge in [-0.25, -0.2) is 14.6 Å². The van der Waals surface area contributed by atoms with Crippen molar-refractivity contribution in [2.24, 2.45) is 12.5 Å². The standard InChI is InChI=1S/C13H16N2O7/c1-13(2,3)12(20)22-7-6(11(19)21-5)14-8(10(17)18)15(4)9(7)16/h1-5H3,(H,17,18). The number of carboxylic acids is 1. The van der Waals surface area contributed by atoms with Crippen LogP contribution in [0.2, 0.25) is 0 Å². The largest absolute Gasteiger partial charge is 0.475 e. The zero-order valence-corrected chi connectivity index (χ0v) is 12.8. The molecule has 1 rings (SSSR count). The van der Waals surface area contributed by atoms with Crippen LogP contribution in [0.5, 0.6) is 5.75 Å². The number of carboxylic acid groups (broad SMARTS) is 1. The lowest BCUT2D eigenvalue weighted by Crippen LogP contribution is -2.34. The predicted molar refractivity (Wildman–Crippen MR) is 72.9 cm³/mol. The van der Waals surface area contributed by atoms with Gasteiger partial charge in [0.05, 0.1) is 12.5 Å². The van der Waals surface area contributed by atoms with Gasteiger partial charge in [-0.1, -0.05) is 0 Å². The maximum Gasteiger partial charge on any atom is 0.372 e. The first-order valence-electron chi connectivity index (χ1n) is 6.15. The van der Waals surface area contributed by atoms with Gasteiger partial charge in [0.2, 0.25) is 11.6 Å². The van der Waals surface area contributed by atoms with E-state index in [-0.39, 0.29) is 0 Å². The maximum absolute atomic E-state index is 12.2. The number of aromatic nitrogens is 2. The third-order valence-corrected chi connectivity index (χ3v) is 2.63. The summed E-state index contributed by atoms with van der Waals surface area (Å²) in [6, 6.07) is 0. The zero-order valence-electron chi connectivity index (χ0n) is 12.8. The lowest BCUT2D eigenvalue weighted by atomic mass is 9.97. The van der Waals surface area contributed by atoms with Crippen LogP contribution in [0.25, 0.3) is 0 Å². The molecule has 0 atom stereocenters. The van der Waals surface area contributed by atoms with Crippen molar-refractivity contribution in [2.45, 2.75) is 20.8 Å². The molecular weight excluding hydrogens is 296 g/mol. The van der Waals surface area contributed by atoms with Crippen LogP contribution in [-0.2, 0) is 16.6 Å². The van der Waals surface area contributed by atoms with E-state index in [1.807, 2.05) is 0 Å². The van der Waals surface area contributed by atoms with Crippen LogP contribution in [0, 0.1) is 5.41 Å². The van der Waals surface area contributed by atoms with Crippen molar-refractivity contribution in [3.63, 3.8) is 0 Å². The zero-order chi connectivity index (χ0) is 17.2. The Hall–Kier alpha value is -2.71. The Balaban J connectivity index is 3.59. The molecule has 1 aromatic rings. The fraction of sp³-hybridized carbons (Fsp3) is 0.462. The molecule has 0 aliphatic heterocycles. The minimum Gasteiger partial charge on any atom is -0.475 e. The smallest absolute Gasteiger partial charge is 0.372 e. The molecule has 1 aromatic heterocycles. The summed E-state index contributed by atoms with van der Waals surface area (Å²) < 4.78 is 10.1. The van der Waals surface area contributed by atoms with Crippen LogP contribution in [-0.4, -0.2) is 39.7 Å². The molecule has 22 heavy (non-hydrogen) atoms. The normalized spacial score (nSPS) is 11.0. The maximum atomic E-state index is 12.2. The van der Waals surface area contributed by atoms with Gasteiger partial charge in [0.1, 0.15) is 0 Å². The van der Waals surface area contributed by atoms with E-state index in [2.05, 4.69) is 9.72 Å². The van der Waals surface area contributed by atoms with Gasteiger partial charge in [-0.2, -0.15) is 0 Å². The average Bonchev–Trinajstić information content (AvgIpc) is 2.41. The first kappa shape index (κ1) is 17.3. The minimum atomic E-state index is -1.52. The first-order chi connectivity index (χ1) is 10.0. The Kier molecular flexibility index (Phi) is 4.70. The number of ether oxygens (including phenoxy) is 2. The van der Waals surface area contributed by atoms with Crippen molar-refractivity contribution in [1.29, 1.82) is 0 Å². The molecule has 9 heteroatoms. The van der Waals surface area contributed by atoms with Gasteiger partial charge in [0.15, 0.2) is 5.69 Å². The predicted octanol–water partition coefficient (Wildman–Crippen LogP) is 0.217. The average molecular weight is 312 g/mol. The van der Waals surface area contributed by atoms with Gasteiger partial charge in [0.25, 0.3) is 5.56 Å². The van der Waals surface area contributed by atoms with Gasteiger partial charge in [-0.15, -0.1) is 0 Å². The number of esters is 2. The van der Waals surface area contributed by atoms with Crippen molar-refractivity contribution in [3.05, 3.63) is 21.9 Å². The summed E-state index contributed by atoms with van der Waals surface area (Å²) in [5.74, 6) is -4.73. The SMILES string of the molecule is COC(=O)c1nc(C(=O)O)n(C)c(=O)c1OC(=O)C(C)(C)C. The highest BCUT2D eigenvalue weighted by molar-refractivity contribution is 5.93. The minimum absolute atomic E-state index is 0.666. The van der Waals surface area contributed by atoms with Crippen LogP contribution in [0.1, 0.15) is 41.9 Å². The van der Waals surface area contributed by atoms with Crippen LogP contribution in [0.15, 0.2) is 4.79 Å². The molecule has 120 valence electrons. The number of hydrogen-bond donors (Lipinski definition) is 1. The van der Waals surface area contributed by atoms with Crippen molar-refractivity contribution in [1.82, 2.24) is 9.55 Å². The topological polar surface area (TPSA) is 125 Å². The van der Waals surface area contributed by atoms with E-state index >= 15 is 0 Å². The molecular formula is C13H16N2O7. The second kappa shape index (κ2) is 5.96. The van der Waals surface area contributed by atoms with Gasteiger partial charge in [0, 0.05) is 7.05 Å². The van der Waals surface area contributed by atoms with Crippen LogP contribution in [0.3, 0.4) is 0 Å². The summed E-state index contributed by atoms with van der Waals surface area (Å²) in [5.41, 5.74) is -2.59. The van der Waals surface area contributed by atoms with Crippen LogP contribution >= 0.6 is 0 Å². The van der Waals surface area contributed by atoms with E-state index in [1.54, 1.807) is 20.8 Å². The molecule has 0 amide bonds. The fourth-order valence-corrected chi connectivity index (χ4v) is 1.35. The molecule has 0 aromatic carbocycles. The first-order valence-corrected chi connectivity index (χ1v) is 6.15. The molecule has 0 saturated carbocycles. The van der Waals surface area contributed by atoms with E-state index in [4.69, 9.17) is 9.84 Å². The molecule has 1 heterocycles. The summed E-state index contributed by atoms with van der Waals surface area (Å²) >= 11 is 0. The summed E-state index contributed by atoms with van der Waals surface area (Å²) in [4.78, 5) is 50.4. The number of methoxy groups -OCH3 is 1. The molecule has 0 bridgehead atoms. The molecule has 0 aliphatic carbocycles. The van der Waals surface area contributed by atoms with Crippen molar-refractivity contribution in [3.8, 4) is 5.75 Å². The number of carbonyl (C=O) groups is 3. The van der Waals surface area contributed by atoms with Crippen molar-refractivity contribution < 1.29 is 29.0 Å². The highest BCUT2D eigenvalue weighted by Gasteiger charge is 2.30. The molecule has 1 N–H and O–H groups in total. The van der Waals surface area contributed by atoms with Gasteiger partial charge >= 0.3 is 17.9 Å². The lowest BCUT2D eigenvalue weighted by Gasteiger charge is -2.17. The Bertz CT molecular complexity index is 698. The molecule has 0 saturated heterocycles.